The lowest BCUT2D eigenvalue weighted by Gasteiger charge is -1.95. The summed E-state index contributed by atoms with van der Waals surface area (Å²) in [5.41, 5.74) is 1.09. The number of esters is 1. The average molecular weight is 273 g/mol. The quantitative estimate of drug-likeness (QED) is 0.849. The number of imidazole rings is 1. The average Bonchev–Trinajstić information content (AvgIpc) is 2.74. The second-order valence-electron chi connectivity index (χ2n) is 3.13. The standard InChI is InChI=1S/C10H10N2O2.C2H6O.ClH/c1-2-14-10(13)8-7-12-6-4-3-5-9(12)11-8;1-2-3;/h3-7H,2H2,1H3;3H,2H2,1H3;1H. The van der Waals surface area contributed by atoms with Crippen LogP contribution in [0.4, 0.5) is 0 Å². The minimum absolute atomic E-state index is 0. The number of aromatic nitrogens is 2. The summed E-state index contributed by atoms with van der Waals surface area (Å²) in [5.74, 6) is -0.379. The minimum Gasteiger partial charge on any atom is -0.461 e. The van der Waals surface area contributed by atoms with Crippen molar-refractivity contribution in [2.24, 2.45) is 0 Å². The summed E-state index contributed by atoms with van der Waals surface area (Å²) in [4.78, 5) is 15.4. The molecule has 2 aromatic rings. The van der Waals surface area contributed by atoms with Crippen LogP contribution < -0.4 is 0 Å². The molecule has 2 aromatic heterocycles. The summed E-state index contributed by atoms with van der Waals surface area (Å²) in [6.45, 7) is 4.07. The summed E-state index contributed by atoms with van der Waals surface area (Å²) in [7, 11) is 0. The molecule has 18 heavy (non-hydrogen) atoms. The van der Waals surface area contributed by atoms with Gasteiger partial charge in [0.05, 0.1) is 6.61 Å². The highest BCUT2D eigenvalue weighted by Crippen LogP contribution is 2.05. The molecule has 6 heteroatoms. The zero-order valence-electron chi connectivity index (χ0n) is 10.4. The summed E-state index contributed by atoms with van der Waals surface area (Å²) >= 11 is 0. The Morgan fingerprint density at radius 1 is 1.44 bits per heavy atom. The van der Waals surface area contributed by atoms with E-state index in [0.717, 1.165) is 5.65 Å². The van der Waals surface area contributed by atoms with E-state index in [1.807, 2.05) is 24.4 Å². The Bertz CT molecular complexity index is 452. The Morgan fingerprint density at radius 2 is 2.11 bits per heavy atom. The van der Waals surface area contributed by atoms with Crippen LogP contribution >= 0.6 is 12.4 Å². The fraction of sp³-hybridized carbons (Fsp3) is 0.333. The van der Waals surface area contributed by atoms with Crippen molar-refractivity contribution in [1.82, 2.24) is 9.38 Å². The van der Waals surface area contributed by atoms with Crippen molar-refractivity contribution in [3.63, 3.8) is 0 Å². The van der Waals surface area contributed by atoms with Gasteiger partial charge in [-0.2, -0.15) is 0 Å². The lowest BCUT2D eigenvalue weighted by molar-refractivity contribution is 0.0520. The normalized spacial score (nSPS) is 9.06. The molecule has 0 aromatic carbocycles. The molecule has 0 fully saturated rings. The molecule has 1 N–H and O–H groups in total. The Hall–Kier alpha value is -1.59. The Morgan fingerprint density at radius 3 is 2.67 bits per heavy atom. The summed E-state index contributed by atoms with van der Waals surface area (Å²) in [5, 5.41) is 7.57. The number of fused-ring (bicyclic) bond motifs is 1. The van der Waals surface area contributed by atoms with Gasteiger partial charge in [0.25, 0.3) is 0 Å². The molecule has 2 rings (SSSR count). The molecule has 0 spiro atoms. The molecule has 0 saturated carbocycles. The van der Waals surface area contributed by atoms with Crippen molar-refractivity contribution in [3.8, 4) is 0 Å². The lowest BCUT2D eigenvalue weighted by Crippen LogP contribution is -2.04. The first kappa shape index (κ1) is 16.4. The number of carbonyl (C=O) groups is 1. The molecular formula is C12H17ClN2O3. The third-order valence-corrected chi connectivity index (χ3v) is 1.85. The van der Waals surface area contributed by atoms with Crippen molar-refractivity contribution in [3.05, 3.63) is 36.3 Å². The van der Waals surface area contributed by atoms with Crippen LogP contribution in [0.25, 0.3) is 5.65 Å². The Kier molecular flexibility index (Phi) is 7.74. The molecule has 0 unspecified atom stereocenters. The SMILES string of the molecule is CCO.CCOC(=O)c1cn2ccccc2n1.Cl. The monoisotopic (exact) mass is 272 g/mol. The molecular weight excluding hydrogens is 256 g/mol. The molecule has 0 saturated heterocycles. The van der Waals surface area contributed by atoms with Crippen molar-refractivity contribution in [1.29, 1.82) is 0 Å². The van der Waals surface area contributed by atoms with Crippen LogP contribution in [0.2, 0.25) is 0 Å². The topological polar surface area (TPSA) is 63.8 Å². The highest BCUT2D eigenvalue weighted by Gasteiger charge is 2.10. The number of aliphatic hydroxyl groups excluding tert-OH is 1. The van der Waals surface area contributed by atoms with Crippen molar-refractivity contribution < 1.29 is 14.6 Å². The second-order valence-corrected chi connectivity index (χ2v) is 3.13. The van der Waals surface area contributed by atoms with Gasteiger partial charge in [0, 0.05) is 19.0 Å². The van der Waals surface area contributed by atoms with Gasteiger partial charge >= 0.3 is 5.97 Å². The van der Waals surface area contributed by atoms with Crippen molar-refractivity contribution in [2.45, 2.75) is 13.8 Å². The third kappa shape index (κ3) is 4.35. The first-order chi connectivity index (χ1) is 8.22. The van der Waals surface area contributed by atoms with Crippen molar-refractivity contribution >= 4 is 24.0 Å². The van der Waals surface area contributed by atoms with Gasteiger partial charge in [-0.3, -0.25) is 0 Å². The molecule has 0 aliphatic rings. The second kappa shape index (κ2) is 8.49. The van der Waals surface area contributed by atoms with Crippen LogP contribution in [-0.2, 0) is 4.74 Å². The zero-order chi connectivity index (χ0) is 12.7. The van der Waals surface area contributed by atoms with E-state index in [9.17, 15) is 4.79 Å². The van der Waals surface area contributed by atoms with Gasteiger partial charge < -0.3 is 14.2 Å². The van der Waals surface area contributed by atoms with Gasteiger partial charge in [-0.05, 0) is 26.0 Å². The Labute approximate surface area is 112 Å². The largest absolute Gasteiger partial charge is 0.461 e. The fourth-order valence-electron chi connectivity index (χ4n) is 1.24. The van der Waals surface area contributed by atoms with E-state index >= 15 is 0 Å². The first-order valence-electron chi connectivity index (χ1n) is 5.44. The van der Waals surface area contributed by atoms with E-state index < -0.39 is 0 Å². The van der Waals surface area contributed by atoms with Gasteiger partial charge in [-0.25, -0.2) is 9.78 Å². The number of ether oxygens (including phenoxy) is 1. The number of pyridine rings is 1. The lowest BCUT2D eigenvalue weighted by atomic mass is 10.5. The highest BCUT2D eigenvalue weighted by molar-refractivity contribution is 5.87. The summed E-state index contributed by atoms with van der Waals surface area (Å²) in [6.07, 6.45) is 3.50. The molecule has 0 radical (unpaired) electrons. The summed E-state index contributed by atoms with van der Waals surface area (Å²) in [6, 6.07) is 5.59. The third-order valence-electron chi connectivity index (χ3n) is 1.85. The smallest absolute Gasteiger partial charge is 0.358 e. The first-order valence-corrected chi connectivity index (χ1v) is 5.44. The maximum Gasteiger partial charge on any atom is 0.358 e. The van der Waals surface area contributed by atoms with Crippen LogP contribution in [0.3, 0.4) is 0 Å². The maximum absolute atomic E-state index is 11.3. The van der Waals surface area contributed by atoms with Crippen LogP contribution in [0, 0.1) is 0 Å². The van der Waals surface area contributed by atoms with Gasteiger partial charge in [0.15, 0.2) is 5.69 Å². The number of nitrogens with zero attached hydrogens (tertiary/aromatic N) is 2. The number of carbonyl (C=O) groups excluding carboxylic acids is 1. The summed E-state index contributed by atoms with van der Waals surface area (Å²) < 4.78 is 6.63. The molecule has 0 aliphatic heterocycles. The van der Waals surface area contributed by atoms with E-state index in [1.165, 1.54) is 0 Å². The molecule has 0 aliphatic carbocycles. The molecule has 100 valence electrons. The van der Waals surface area contributed by atoms with Gasteiger partial charge in [-0.15, -0.1) is 12.4 Å². The van der Waals surface area contributed by atoms with Crippen LogP contribution in [0.1, 0.15) is 24.3 Å². The van der Waals surface area contributed by atoms with Gasteiger partial charge in [0.2, 0.25) is 0 Å². The predicted molar refractivity (Wildman–Crippen MR) is 71.2 cm³/mol. The maximum atomic E-state index is 11.3. The van der Waals surface area contributed by atoms with Crippen LogP contribution in [0.15, 0.2) is 30.6 Å². The molecule has 2 heterocycles. The van der Waals surface area contributed by atoms with E-state index in [-0.39, 0.29) is 25.0 Å². The number of hydrogen-bond donors (Lipinski definition) is 1. The number of hydrogen-bond acceptors (Lipinski definition) is 4. The molecule has 0 bridgehead atoms. The number of rotatable bonds is 2. The highest BCUT2D eigenvalue weighted by atomic mass is 35.5. The number of aliphatic hydroxyl groups is 1. The molecule has 0 amide bonds. The van der Waals surface area contributed by atoms with E-state index in [0.29, 0.717) is 12.3 Å². The number of halogens is 1. The fourth-order valence-corrected chi connectivity index (χ4v) is 1.24. The van der Waals surface area contributed by atoms with E-state index in [4.69, 9.17) is 9.84 Å². The van der Waals surface area contributed by atoms with Crippen molar-refractivity contribution in [2.75, 3.05) is 13.2 Å². The van der Waals surface area contributed by atoms with Crippen LogP contribution in [-0.4, -0.2) is 33.7 Å². The van der Waals surface area contributed by atoms with Gasteiger partial charge in [0.1, 0.15) is 5.65 Å². The minimum atomic E-state index is -0.379. The molecule has 5 nitrogen and oxygen atoms in total. The van der Waals surface area contributed by atoms with E-state index in [2.05, 4.69) is 4.98 Å². The predicted octanol–water partition coefficient (Wildman–Crippen LogP) is 1.93. The molecule has 0 atom stereocenters. The van der Waals surface area contributed by atoms with E-state index in [1.54, 1.807) is 24.4 Å². The van der Waals surface area contributed by atoms with Crippen LogP contribution in [0.5, 0.6) is 0 Å². The Balaban J connectivity index is 0.000000660. The zero-order valence-corrected chi connectivity index (χ0v) is 11.2. The van der Waals surface area contributed by atoms with Gasteiger partial charge in [-0.1, -0.05) is 6.07 Å².